The highest BCUT2D eigenvalue weighted by atomic mass is 127. The Labute approximate surface area is 179 Å². The molecule has 150 valence electrons. The molecule has 5 nitrogen and oxygen atoms in total. The van der Waals surface area contributed by atoms with Gasteiger partial charge in [0, 0.05) is 37.1 Å². The zero-order chi connectivity index (χ0) is 18.0. The third kappa shape index (κ3) is 4.36. The molecule has 3 aliphatic rings. The van der Waals surface area contributed by atoms with Crippen molar-refractivity contribution in [1.82, 2.24) is 10.2 Å². The fourth-order valence-corrected chi connectivity index (χ4v) is 4.37. The van der Waals surface area contributed by atoms with Crippen molar-refractivity contribution in [2.24, 2.45) is 10.4 Å². The van der Waals surface area contributed by atoms with Crippen LogP contribution < -0.4 is 10.1 Å². The highest BCUT2D eigenvalue weighted by Gasteiger charge is 2.45. The molecule has 1 saturated carbocycles. The standard InChI is InChI=1S/C21H31N3O2.HI/c1-3-22-19(24-12-10-20(15-24)11-13-26-16-20)23-14-21(8-9-21)17-4-6-18(25-2)7-5-17;/h4-7H,3,8-16H2,1-2H3,(H,22,23);1H. The van der Waals surface area contributed by atoms with Crippen molar-refractivity contribution in [3.63, 3.8) is 0 Å². The lowest BCUT2D eigenvalue weighted by atomic mass is 9.87. The van der Waals surface area contributed by atoms with Gasteiger partial charge in [0.1, 0.15) is 5.75 Å². The van der Waals surface area contributed by atoms with Gasteiger partial charge in [-0.1, -0.05) is 12.1 Å². The first-order chi connectivity index (χ1) is 12.7. The molecule has 1 atom stereocenters. The maximum Gasteiger partial charge on any atom is 0.193 e. The topological polar surface area (TPSA) is 46.1 Å². The summed E-state index contributed by atoms with van der Waals surface area (Å²) in [4.78, 5) is 7.51. The van der Waals surface area contributed by atoms with Crippen LogP contribution in [0.1, 0.15) is 38.2 Å². The summed E-state index contributed by atoms with van der Waals surface area (Å²) in [5.74, 6) is 2.00. The molecule has 4 rings (SSSR count). The molecule has 0 bridgehead atoms. The van der Waals surface area contributed by atoms with E-state index in [2.05, 4.69) is 41.4 Å². The Morgan fingerprint density at radius 3 is 2.59 bits per heavy atom. The number of hydrogen-bond acceptors (Lipinski definition) is 3. The van der Waals surface area contributed by atoms with Crippen LogP contribution in [0.2, 0.25) is 0 Å². The van der Waals surface area contributed by atoms with Gasteiger partial charge in [-0.15, -0.1) is 24.0 Å². The molecular weight excluding hydrogens is 453 g/mol. The number of ether oxygens (including phenoxy) is 2. The Kier molecular flexibility index (Phi) is 6.56. The first kappa shape index (κ1) is 20.7. The van der Waals surface area contributed by atoms with Gasteiger partial charge in [-0.05, 0) is 50.3 Å². The minimum atomic E-state index is 0. The number of nitrogens with one attached hydrogen (secondary N) is 1. The summed E-state index contributed by atoms with van der Waals surface area (Å²) >= 11 is 0. The molecule has 0 amide bonds. The molecule has 1 spiro atoms. The number of methoxy groups -OCH3 is 1. The highest BCUT2D eigenvalue weighted by Crippen LogP contribution is 2.48. The number of rotatable bonds is 5. The molecule has 2 heterocycles. The van der Waals surface area contributed by atoms with Crippen molar-refractivity contribution in [3.8, 4) is 5.75 Å². The van der Waals surface area contributed by atoms with Crippen molar-refractivity contribution in [2.45, 2.75) is 38.0 Å². The van der Waals surface area contributed by atoms with Gasteiger partial charge in [-0.2, -0.15) is 0 Å². The lowest BCUT2D eigenvalue weighted by molar-refractivity contribution is 0.156. The number of guanidine groups is 1. The van der Waals surface area contributed by atoms with E-state index in [1.54, 1.807) is 7.11 Å². The summed E-state index contributed by atoms with van der Waals surface area (Å²) in [6, 6.07) is 8.53. The Bertz CT molecular complexity index is 652. The highest BCUT2D eigenvalue weighted by molar-refractivity contribution is 14.0. The van der Waals surface area contributed by atoms with Crippen molar-refractivity contribution in [3.05, 3.63) is 29.8 Å². The molecule has 27 heavy (non-hydrogen) atoms. The van der Waals surface area contributed by atoms with Crippen LogP contribution in [0.15, 0.2) is 29.3 Å². The number of halogens is 1. The first-order valence-electron chi connectivity index (χ1n) is 9.94. The van der Waals surface area contributed by atoms with E-state index in [0.29, 0.717) is 5.41 Å². The molecule has 1 N–H and O–H groups in total. The van der Waals surface area contributed by atoms with Gasteiger partial charge < -0.3 is 19.7 Å². The van der Waals surface area contributed by atoms with E-state index in [1.807, 2.05) is 0 Å². The van der Waals surface area contributed by atoms with Gasteiger partial charge in [-0.25, -0.2) is 0 Å². The largest absolute Gasteiger partial charge is 0.497 e. The Hall–Kier alpha value is -1.02. The molecule has 2 aliphatic heterocycles. The summed E-state index contributed by atoms with van der Waals surface area (Å²) in [5.41, 5.74) is 1.98. The smallest absolute Gasteiger partial charge is 0.193 e. The average molecular weight is 485 g/mol. The molecule has 3 fully saturated rings. The number of aliphatic imine (C=N–C) groups is 1. The molecular formula is C21H32IN3O2. The van der Waals surface area contributed by atoms with E-state index >= 15 is 0 Å². The van der Waals surface area contributed by atoms with E-state index in [0.717, 1.165) is 51.1 Å². The molecule has 2 saturated heterocycles. The van der Waals surface area contributed by atoms with Crippen LogP contribution in [0.3, 0.4) is 0 Å². The fraction of sp³-hybridized carbons (Fsp3) is 0.667. The van der Waals surface area contributed by atoms with Gasteiger partial charge in [0.15, 0.2) is 5.96 Å². The van der Waals surface area contributed by atoms with Crippen molar-refractivity contribution in [2.75, 3.05) is 46.5 Å². The van der Waals surface area contributed by atoms with Crippen molar-refractivity contribution >= 4 is 29.9 Å². The Morgan fingerprint density at radius 1 is 1.22 bits per heavy atom. The van der Waals surface area contributed by atoms with Crippen LogP contribution in [0.25, 0.3) is 0 Å². The third-order valence-corrected chi connectivity index (χ3v) is 6.35. The number of nitrogens with zero attached hydrogens (tertiary/aromatic N) is 2. The molecule has 1 unspecified atom stereocenters. The lowest BCUT2D eigenvalue weighted by Gasteiger charge is -2.25. The number of benzene rings is 1. The quantitative estimate of drug-likeness (QED) is 0.395. The predicted molar refractivity (Wildman–Crippen MR) is 119 cm³/mol. The second kappa shape index (κ2) is 8.55. The van der Waals surface area contributed by atoms with Crippen LogP contribution in [0.5, 0.6) is 5.75 Å². The second-order valence-electron chi connectivity index (χ2n) is 8.15. The minimum Gasteiger partial charge on any atom is -0.497 e. The van der Waals surface area contributed by atoms with Crippen molar-refractivity contribution < 1.29 is 9.47 Å². The van der Waals surface area contributed by atoms with E-state index in [9.17, 15) is 0 Å². The van der Waals surface area contributed by atoms with Gasteiger partial charge in [0.05, 0.1) is 20.3 Å². The van der Waals surface area contributed by atoms with Gasteiger partial charge >= 0.3 is 0 Å². The van der Waals surface area contributed by atoms with Crippen LogP contribution in [0.4, 0.5) is 0 Å². The number of likely N-dealkylation sites (tertiary alicyclic amines) is 1. The minimum absolute atomic E-state index is 0. The first-order valence-corrected chi connectivity index (χ1v) is 9.94. The third-order valence-electron chi connectivity index (χ3n) is 6.35. The Balaban J connectivity index is 0.00000210. The summed E-state index contributed by atoms with van der Waals surface area (Å²) in [7, 11) is 1.72. The van der Waals surface area contributed by atoms with E-state index in [4.69, 9.17) is 14.5 Å². The summed E-state index contributed by atoms with van der Waals surface area (Å²) in [5, 5.41) is 3.52. The van der Waals surface area contributed by atoms with E-state index in [-0.39, 0.29) is 29.4 Å². The Morgan fingerprint density at radius 2 is 2.00 bits per heavy atom. The molecule has 1 aromatic rings. The predicted octanol–water partition coefficient (Wildman–Crippen LogP) is 3.42. The molecule has 6 heteroatoms. The lowest BCUT2D eigenvalue weighted by Crippen LogP contribution is -2.42. The maximum absolute atomic E-state index is 5.67. The summed E-state index contributed by atoms with van der Waals surface area (Å²) < 4.78 is 11.0. The monoisotopic (exact) mass is 485 g/mol. The second-order valence-corrected chi connectivity index (χ2v) is 8.15. The van der Waals surface area contributed by atoms with Crippen LogP contribution in [-0.4, -0.2) is 57.4 Å². The van der Waals surface area contributed by atoms with E-state index in [1.165, 1.54) is 31.2 Å². The molecule has 1 aromatic carbocycles. The van der Waals surface area contributed by atoms with Gasteiger partial charge in [0.25, 0.3) is 0 Å². The number of hydrogen-bond donors (Lipinski definition) is 1. The average Bonchev–Trinajstić information content (AvgIpc) is 3.14. The van der Waals surface area contributed by atoms with Crippen LogP contribution in [-0.2, 0) is 10.2 Å². The zero-order valence-electron chi connectivity index (χ0n) is 16.5. The molecule has 1 aliphatic carbocycles. The zero-order valence-corrected chi connectivity index (χ0v) is 18.8. The molecule has 0 radical (unpaired) electrons. The SMILES string of the molecule is CCNC(=NCC1(c2ccc(OC)cc2)CC1)N1CCC2(CCOC2)C1.I. The van der Waals surface area contributed by atoms with Crippen molar-refractivity contribution in [1.29, 1.82) is 0 Å². The van der Waals surface area contributed by atoms with E-state index < -0.39 is 0 Å². The summed E-state index contributed by atoms with van der Waals surface area (Å²) in [6.07, 6.45) is 4.86. The maximum atomic E-state index is 5.67. The van der Waals surface area contributed by atoms with Crippen LogP contribution >= 0.6 is 24.0 Å². The fourth-order valence-electron chi connectivity index (χ4n) is 4.37. The molecule has 0 aromatic heterocycles. The van der Waals surface area contributed by atoms with Gasteiger partial charge in [-0.3, -0.25) is 4.99 Å². The van der Waals surface area contributed by atoms with Gasteiger partial charge in [0.2, 0.25) is 0 Å². The normalized spacial score (nSPS) is 26.1. The van der Waals surface area contributed by atoms with Crippen LogP contribution in [0, 0.1) is 5.41 Å². The summed E-state index contributed by atoms with van der Waals surface area (Å²) in [6.45, 7) is 7.92.